The Kier molecular flexibility index (Phi) is 10.8. The number of aliphatic imine (C=N–C) groups is 1. The molecule has 2 aromatic carbocycles. The molecule has 0 bridgehead atoms. The number of aliphatic carboxylic acids is 1. The average Bonchev–Trinajstić information content (AvgIpc) is 3.17. The zero-order chi connectivity index (χ0) is 29.2. The predicted molar refractivity (Wildman–Crippen MR) is 150 cm³/mol. The van der Waals surface area contributed by atoms with Crippen molar-refractivity contribution in [1.29, 1.82) is 0 Å². The molecule has 0 unspecified atom stereocenters. The first-order valence-corrected chi connectivity index (χ1v) is 14.2. The van der Waals surface area contributed by atoms with E-state index in [0.717, 1.165) is 18.4 Å². The van der Waals surface area contributed by atoms with E-state index in [1.807, 2.05) is 24.0 Å². The summed E-state index contributed by atoms with van der Waals surface area (Å²) in [4.78, 5) is 44.2. The van der Waals surface area contributed by atoms with Crippen LogP contribution in [0.4, 0.5) is 4.39 Å². The van der Waals surface area contributed by atoms with Crippen LogP contribution in [0.3, 0.4) is 0 Å². The summed E-state index contributed by atoms with van der Waals surface area (Å²) in [6.45, 7) is 8.72. The minimum absolute atomic E-state index is 0. The van der Waals surface area contributed by atoms with Crippen LogP contribution in [0, 0.1) is 17.2 Å². The third-order valence-electron chi connectivity index (χ3n) is 8.26. The third-order valence-corrected chi connectivity index (χ3v) is 8.55. The van der Waals surface area contributed by atoms with Crippen LogP contribution < -0.4 is 40.0 Å². The van der Waals surface area contributed by atoms with Crippen molar-refractivity contribution in [2.24, 2.45) is 16.3 Å². The number of halogens is 2. The van der Waals surface area contributed by atoms with E-state index in [9.17, 15) is 23.9 Å². The maximum Gasteiger partial charge on any atom is 1.00 e. The number of nitrogens with zero attached hydrogens (tertiary/aromatic N) is 2. The van der Waals surface area contributed by atoms with Gasteiger partial charge < -0.3 is 20.1 Å². The number of carboxylic acid groups (broad SMARTS) is 1. The standard InChI is InChI=1S/C31H37ClFN3O4.Na/c1-5-25(19-6-8-20(9-7-19)28(39)34-17-14-26(37)38)36-29(40)27(21-10-11-24(33)23(32)18-21)35-31(36)15-12-22(13-16-31)30(2,3)4;/h6-11,18,22,25H,5,12-17H2,1-4H3,(H,34,39)(H,37,38);/q;+1/p-1/t22?,25-,31?;/m1./s1. The summed E-state index contributed by atoms with van der Waals surface area (Å²) >= 11 is 6.08. The molecule has 214 valence electrons. The Morgan fingerprint density at radius 1 is 1.17 bits per heavy atom. The second-order valence-corrected chi connectivity index (χ2v) is 12.2. The van der Waals surface area contributed by atoms with Crippen molar-refractivity contribution in [1.82, 2.24) is 10.2 Å². The Morgan fingerprint density at radius 3 is 2.34 bits per heavy atom. The molecule has 7 nitrogen and oxygen atoms in total. The van der Waals surface area contributed by atoms with Crippen molar-refractivity contribution in [3.8, 4) is 0 Å². The van der Waals surface area contributed by atoms with Crippen molar-refractivity contribution in [3.05, 3.63) is 70.0 Å². The summed E-state index contributed by atoms with van der Waals surface area (Å²) in [5, 5.41) is 13.1. The summed E-state index contributed by atoms with van der Waals surface area (Å²) in [5.74, 6) is -1.87. The second kappa shape index (κ2) is 13.4. The number of hydrogen-bond acceptors (Lipinski definition) is 5. The van der Waals surface area contributed by atoms with Gasteiger partial charge in [-0.05, 0) is 79.3 Å². The number of benzene rings is 2. The quantitative estimate of drug-likeness (QED) is 0.475. The van der Waals surface area contributed by atoms with Gasteiger partial charge in [0.05, 0.1) is 11.1 Å². The van der Waals surface area contributed by atoms with Crippen LogP contribution in [-0.2, 0) is 9.59 Å². The second-order valence-electron chi connectivity index (χ2n) is 11.8. The fourth-order valence-electron chi connectivity index (χ4n) is 5.98. The molecule has 1 atom stereocenters. The Balaban J connectivity index is 0.00000462. The molecule has 1 spiro atoms. The zero-order valence-electron chi connectivity index (χ0n) is 24.4. The normalized spacial score (nSPS) is 21.3. The van der Waals surface area contributed by atoms with Crippen LogP contribution in [0.15, 0.2) is 47.5 Å². The molecular weight excluding hydrogens is 556 g/mol. The summed E-state index contributed by atoms with van der Waals surface area (Å²) in [5.41, 5.74) is 1.47. The molecule has 2 aliphatic rings. The molecule has 0 radical (unpaired) electrons. The first kappa shape index (κ1) is 33.2. The van der Waals surface area contributed by atoms with Gasteiger partial charge >= 0.3 is 29.6 Å². The van der Waals surface area contributed by atoms with E-state index in [1.54, 1.807) is 18.2 Å². The van der Waals surface area contributed by atoms with Crippen molar-refractivity contribution >= 4 is 35.1 Å². The number of amides is 2. The minimum Gasteiger partial charge on any atom is -0.550 e. The molecule has 10 heteroatoms. The maximum absolute atomic E-state index is 14.1. The third kappa shape index (κ3) is 7.22. The monoisotopic (exact) mass is 591 g/mol. The van der Waals surface area contributed by atoms with E-state index in [4.69, 9.17) is 16.6 Å². The Hall–Kier alpha value is -2.26. The fraction of sp³-hybridized carbons (Fsp3) is 0.484. The topological polar surface area (TPSA) is 102 Å². The number of carbonyl (C=O) groups is 3. The SMILES string of the molecule is CC[C@H](c1ccc(C(=O)NCCC(=O)[O-])cc1)N1C(=O)C(c2ccc(F)c(Cl)c2)=NC12CCC(C(C)(C)C)CC2.[Na+]. The largest absolute Gasteiger partial charge is 1.00 e. The molecular formula is C31H36ClFN3NaO4. The first-order valence-electron chi connectivity index (χ1n) is 13.8. The summed E-state index contributed by atoms with van der Waals surface area (Å²) in [6.07, 6.45) is 3.65. The average molecular weight is 592 g/mol. The molecule has 2 amide bonds. The van der Waals surface area contributed by atoms with Crippen LogP contribution in [-0.4, -0.2) is 40.6 Å². The van der Waals surface area contributed by atoms with Gasteiger partial charge in [-0.3, -0.25) is 14.6 Å². The Labute approximate surface area is 268 Å². The van der Waals surface area contributed by atoms with Crippen LogP contribution in [0.5, 0.6) is 0 Å². The van der Waals surface area contributed by atoms with Gasteiger partial charge in [0.1, 0.15) is 17.2 Å². The Morgan fingerprint density at radius 2 is 1.80 bits per heavy atom. The molecule has 1 aliphatic heterocycles. The smallest absolute Gasteiger partial charge is 0.550 e. The number of rotatable bonds is 8. The molecule has 41 heavy (non-hydrogen) atoms. The number of hydrogen-bond donors (Lipinski definition) is 1. The van der Waals surface area contributed by atoms with Crippen LogP contribution >= 0.6 is 11.6 Å². The summed E-state index contributed by atoms with van der Waals surface area (Å²) in [7, 11) is 0. The van der Waals surface area contributed by atoms with Gasteiger partial charge in [0.2, 0.25) is 0 Å². The predicted octanol–water partition coefficient (Wildman–Crippen LogP) is 2.07. The van der Waals surface area contributed by atoms with Crippen molar-refractivity contribution in [3.63, 3.8) is 0 Å². The van der Waals surface area contributed by atoms with Gasteiger partial charge in [-0.25, -0.2) is 4.39 Å². The van der Waals surface area contributed by atoms with E-state index < -0.39 is 17.4 Å². The van der Waals surface area contributed by atoms with E-state index in [1.165, 1.54) is 12.1 Å². The molecule has 1 fully saturated rings. The van der Waals surface area contributed by atoms with Crippen LogP contribution in [0.25, 0.3) is 0 Å². The molecule has 0 aromatic heterocycles. The molecule has 1 N–H and O–H groups in total. The summed E-state index contributed by atoms with van der Waals surface area (Å²) in [6, 6.07) is 11.0. The molecule has 1 heterocycles. The Bertz CT molecular complexity index is 1320. The number of carboxylic acids is 1. The van der Waals surface area contributed by atoms with E-state index >= 15 is 0 Å². The van der Waals surface area contributed by atoms with Gasteiger partial charge in [0, 0.05) is 30.1 Å². The van der Waals surface area contributed by atoms with Crippen molar-refractivity contribution < 1.29 is 53.4 Å². The molecule has 1 aliphatic carbocycles. The van der Waals surface area contributed by atoms with E-state index in [-0.39, 0.29) is 70.8 Å². The van der Waals surface area contributed by atoms with Crippen LogP contribution in [0.1, 0.15) is 93.7 Å². The van der Waals surface area contributed by atoms with Crippen molar-refractivity contribution in [2.75, 3.05) is 6.54 Å². The number of nitrogens with one attached hydrogen (secondary N) is 1. The number of carbonyl (C=O) groups excluding carboxylic acids is 3. The summed E-state index contributed by atoms with van der Waals surface area (Å²) < 4.78 is 13.9. The van der Waals surface area contributed by atoms with E-state index in [2.05, 4.69) is 26.1 Å². The molecule has 0 saturated heterocycles. The van der Waals surface area contributed by atoms with Crippen LogP contribution in [0.2, 0.25) is 5.02 Å². The van der Waals surface area contributed by atoms with E-state index in [0.29, 0.717) is 42.0 Å². The van der Waals surface area contributed by atoms with Gasteiger partial charge in [-0.2, -0.15) is 0 Å². The fourth-order valence-corrected chi connectivity index (χ4v) is 6.16. The molecule has 4 rings (SSSR count). The zero-order valence-corrected chi connectivity index (χ0v) is 27.2. The van der Waals surface area contributed by atoms with Gasteiger partial charge in [0.25, 0.3) is 11.8 Å². The van der Waals surface area contributed by atoms with Gasteiger partial charge in [0.15, 0.2) is 0 Å². The molecule has 2 aromatic rings. The molecule has 1 saturated carbocycles. The van der Waals surface area contributed by atoms with Gasteiger partial charge in [-0.15, -0.1) is 0 Å². The van der Waals surface area contributed by atoms with Gasteiger partial charge in [-0.1, -0.05) is 51.4 Å². The maximum atomic E-state index is 14.1. The minimum atomic E-state index is -1.23. The first-order chi connectivity index (χ1) is 18.9. The van der Waals surface area contributed by atoms with Crippen molar-refractivity contribution in [2.45, 2.75) is 77.9 Å².